The Labute approximate surface area is 253 Å². The number of rotatable bonds is 12. The number of nitrogens with zero attached hydrogens (tertiary/aromatic N) is 2. The first-order valence-corrected chi connectivity index (χ1v) is 16.1. The summed E-state index contributed by atoms with van der Waals surface area (Å²) in [6, 6.07) is 28.3. The molecule has 9 heteroatoms. The van der Waals surface area contributed by atoms with E-state index in [1.165, 1.54) is 4.90 Å². The number of carbonyl (C=O) groups excluding carboxylic acids is 2. The lowest BCUT2D eigenvalue weighted by molar-refractivity contribution is -0.140. The first-order valence-electron chi connectivity index (χ1n) is 13.9. The van der Waals surface area contributed by atoms with Gasteiger partial charge in [0.2, 0.25) is 21.8 Å². The van der Waals surface area contributed by atoms with Crippen molar-refractivity contribution in [2.75, 3.05) is 17.1 Å². The summed E-state index contributed by atoms with van der Waals surface area (Å²) in [5.41, 5.74) is 1.91. The van der Waals surface area contributed by atoms with Gasteiger partial charge in [-0.25, -0.2) is 8.42 Å². The number of amides is 2. The maximum Gasteiger partial charge on any atom is 0.244 e. The quantitative estimate of drug-likeness (QED) is 0.221. The van der Waals surface area contributed by atoms with Crippen LogP contribution in [-0.4, -0.2) is 50.0 Å². The minimum absolute atomic E-state index is 0.0249. The zero-order valence-corrected chi connectivity index (χ0v) is 25.6. The van der Waals surface area contributed by atoms with Crippen molar-refractivity contribution in [3.8, 4) is 0 Å². The third-order valence-electron chi connectivity index (χ3n) is 7.29. The van der Waals surface area contributed by atoms with Crippen molar-refractivity contribution >= 4 is 49.9 Å². The highest BCUT2D eigenvalue weighted by Gasteiger charge is 2.34. The lowest BCUT2D eigenvalue weighted by Crippen LogP contribution is -2.54. The smallest absolute Gasteiger partial charge is 0.244 e. The topological polar surface area (TPSA) is 86.8 Å². The summed E-state index contributed by atoms with van der Waals surface area (Å²) < 4.78 is 27.5. The minimum Gasteiger partial charge on any atom is -0.352 e. The van der Waals surface area contributed by atoms with Crippen molar-refractivity contribution in [3.05, 3.63) is 113 Å². The van der Waals surface area contributed by atoms with Crippen LogP contribution in [0.1, 0.15) is 31.4 Å². The number of hydrogen-bond acceptors (Lipinski definition) is 4. The van der Waals surface area contributed by atoms with Crippen LogP contribution in [0.15, 0.2) is 97.1 Å². The van der Waals surface area contributed by atoms with Gasteiger partial charge in [-0.2, -0.15) is 0 Å². The molecule has 220 valence electrons. The number of carbonyl (C=O) groups is 2. The van der Waals surface area contributed by atoms with Crippen LogP contribution in [0.2, 0.25) is 5.02 Å². The van der Waals surface area contributed by atoms with Gasteiger partial charge in [-0.1, -0.05) is 103 Å². The van der Waals surface area contributed by atoms with Gasteiger partial charge in [0.05, 0.1) is 11.9 Å². The molecule has 2 atom stereocenters. The summed E-state index contributed by atoms with van der Waals surface area (Å²) >= 11 is 6.52. The molecule has 0 spiro atoms. The van der Waals surface area contributed by atoms with E-state index >= 15 is 0 Å². The second-order valence-electron chi connectivity index (χ2n) is 10.4. The number of anilines is 1. The maximum atomic E-state index is 14.3. The Kier molecular flexibility index (Phi) is 10.2. The molecule has 0 aliphatic rings. The first-order chi connectivity index (χ1) is 20.1. The average molecular weight is 606 g/mol. The molecule has 2 amide bonds. The molecule has 1 N–H and O–H groups in total. The first kappa shape index (κ1) is 31.1. The predicted molar refractivity (Wildman–Crippen MR) is 170 cm³/mol. The van der Waals surface area contributed by atoms with Crippen molar-refractivity contribution in [2.45, 2.75) is 45.3 Å². The lowest BCUT2D eigenvalue weighted by Gasteiger charge is -2.34. The molecule has 42 heavy (non-hydrogen) atoms. The van der Waals surface area contributed by atoms with Crippen LogP contribution < -0.4 is 9.62 Å². The van der Waals surface area contributed by atoms with Gasteiger partial charge >= 0.3 is 0 Å². The summed E-state index contributed by atoms with van der Waals surface area (Å²) in [5, 5.41) is 5.02. The molecule has 0 aliphatic carbocycles. The van der Waals surface area contributed by atoms with Crippen molar-refractivity contribution in [2.24, 2.45) is 0 Å². The summed E-state index contributed by atoms with van der Waals surface area (Å²) in [6.07, 6.45) is 2.04. The number of sulfonamides is 1. The van der Waals surface area contributed by atoms with Crippen LogP contribution in [0.25, 0.3) is 10.8 Å². The molecule has 0 aliphatic heterocycles. The monoisotopic (exact) mass is 605 g/mol. The molecule has 0 aromatic heterocycles. The van der Waals surface area contributed by atoms with Gasteiger partial charge in [0.15, 0.2) is 0 Å². The molecule has 0 saturated carbocycles. The van der Waals surface area contributed by atoms with E-state index in [2.05, 4.69) is 5.32 Å². The Bertz CT molecular complexity index is 1640. The third kappa shape index (κ3) is 7.69. The van der Waals surface area contributed by atoms with Crippen LogP contribution in [-0.2, 0) is 32.6 Å². The van der Waals surface area contributed by atoms with Crippen LogP contribution in [0.4, 0.5) is 5.69 Å². The fraction of sp³-hybridized carbons (Fsp3) is 0.273. The molecular weight excluding hydrogens is 570 g/mol. The summed E-state index contributed by atoms with van der Waals surface area (Å²) in [7, 11) is -3.89. The standard InChI is InChI=1S/C33H36ClN3O4S/c1-4-24(2)35-33(39)31(21-25-13-6-5-7-14-25)36(22-27-16-9-11-19-29(27)34)32(38)23-37(42(3,40)41)30-20-12-17-26-15-8-10-18-28(26)30/h5-20,24,31H,4,21-23H2,1-3H3,(H,35,39)/t24-,31+/m1/s1. The Hall–Kier alpha value is -3.88. The highest BCUT2D eigenvalue weighted by molar-refractivity contribution is 7.92. The number of fused-ring (bicyclic) bond motifs is 1. The predicted octanol–water partition coefficient (Wildman–Crippen LogP) is 5.81. The Morgan fingerprint density at radius 3 is 2.21 bits per heavy atom. The van der Waals surface area contributed by atoms with E-state index < -0.39 is 28.5 Å². The molecule has 7 nitrogen and oxygen atoms in total. The van der Waals surface area contributed by atoms with Gasteiger partial charge in [0, 0.05) is 29.4 Å². The Balaban J connectivity index is 1.79. The van der Waals surface area contributed by atoms with Crippen LogP contribution in [0.3, 0.4) is 0 Å². The average Bonchev–Trinajstić information content (AvgIpc) is 2.98. The number of nitrogens with one attached hydrogen (secondary N) is 1. The van der Waals surface area contributed by atoms with Crippen molar-refractivity contribution in [1.29, 1.82) is 0 Å². The molecule has 4 aromatic carbocycles. The largest absolute Gasteiger partial charge is 0.352 e. The zero-order chi connectivity index (χ0) is 30.3. The van der Waals surface area contributed by atoms with E-state index in [1.807, 2.05) is 80.6 Å². The summed E-state index contributed by atoms with van der Waals surface area (Å²) in [4.78, 5) is 29.6. The van der Waals surface area contributed by atoms with E-state index in [0.717, 1.165) is 21.5 Å². The number of hydrogen-bond donors (Lipinski definition) is 1. The molecule has 0 saturated heterocycles. The Morgan fingerprint density at radius 1 is 0.881 bits per heavy atom. The fourth-order valence-electron chi connectivity index (χ4n) is 4.83. The van der Waals surface area contributed by atoms with Crippen molar-refractivity contribution < 1.29 is 18.0 Å². The summed E-state index contributed by atoms with van der Waals surface area (Å²) in [6.45, 7) is 3.41. The SMILES string of the molecule is CC[C@@H](C)NC(=O)[C@H](Cc1ccccc1)N(Cc1ccccc1Cl)C(=O)CN(c1cccc2ccccc12)S(C)(=O)=O. The molecule has 0 heterocycles. The molecular formula is C33H36ClN3O4S. The maximum absolute atomic E-state index is 14.3. The number of benzene rings is 4. The van der Waals surface area contributed by atoms with E-state index in [1.54, 1.807) is 30.3 Å². The van der Waals surface area contributed by atoms with Gasteiger partial charge in [-0.15, -0.1) is 0 Å². The molecule has 4 rings (SSSR count). The highest BCUT2D eigenvalue weighted by atomic mass is 35.5. The van der Waals surface area contributed by atoms with E-state index in [9.17, 15) is 18.0 Å². The second-order valence-corrected chi connectivity index (χ2v) is 12.7. The minimum atomic E-state index is -3.89. The van der Waals surface area contributed by atoms with Gasteiger partial charge in [0.25, 0.3) is 0 Å². The van der Waals surface area contributed by atoms with Crippen LogP contribution >= 0.6 is 11.6 Å². The van der Waals surface area contributed by atoms with Gasteiger partial charge in [-0.3, -0.25) is 13.9 Å². The van der Waals surface area contributed by atoms with Crippen molar-refractivity contribution in [3.63, 3.8) is 0 Å². The molecule has 0 unspecified atom stereocenters. The van der Waals surface area contributed by atoms with Crippen molar-refractivity contribution in [1.82, 2.24) is 10.2 Å². The van der Waals surface area contributed by atoms with Gasteiger partial charge in [0.1, 0.15) is 12.6 Å². The van der Waals surface area contributed by atoms with Crippen LogP contribution in [0, 0.1) is 0 Å². The third-order valence-corrected chi connectivity index (χ3v) is 8.78. The second kappa shape index (κ2) is 13.9. The van der Waals surface area contributed by atoms with Gasteiger partial charge < -0.3 is 10.2 Å². The molecule has 4 aromatic rings. The summed E-state index contributed by atoms with van der Waals surface area (Å²) in [5.74, 6) is -0.835. The van der Waals surface area contributed by atoms with Crippen LogP contribution in [0.5, 0.6) is 0 Å². The van der Waals surface area contributed by atoms with E-state index in [4.69, 9.17) is 11.6 Å². The lowest BCUT2D eigenvalue weighted by atomic mass is 10.0. The molecule has 0 radical (unpaired) electrons. The Morgan fingerprint density at radius 2 is 1.52 bits per heavy atom. The number of halogens is 1. The molecule has 0 bridgehead atoms. The van der Waals surface area contributed by atoms with Gasteiger partial charge in [-0.05, 0) is 42.0 Å². The normalized spacial score (nSPS) is 12.9. The van der Waals surface area contributed by atoms with E-state index in [-0.39, 0.29) is 24.9 Å². The fourth-order valence-corrected chi connectivity index (χ4v) is 5.88. The molecule has 0 fully saturated rings. The zero-order valence-electron chi connectivity index (χ0n) is 24.0. The highest BCUT2D eigenvalue weighted by Crippen LogP contribution is 2.29. The van der Waals surface area contributed by atoms with E-state index in [0.29, 0.717) is 28.1 Å².